The zero-order chi connectivity index (χ0) is 15.3. The summed E-state index contributed by atoms with van der Waals surface area (Å²) >= 11 is 0. The molecule has 0 radical (unpaired) electrons. The second-order valence-electron chi connectivity index (χ2n) is 6.19. The van der Waals surface area contributed by atoms with E-state index in [4.69, 9.17) is 15.2 Å². The summed E-state index contributed by atoms with van der Waals surface area (Å²) in [5.74, 6) is 0.847. The van der Waals surface area contributed by atoms with Gasteiger partial charge in [0.2, 0.25) is 0 Å². The van der Waals surface area contributed by atoms with Crippen LogP contribution in [0.15, 0.2) is 24.3 Å². The largest absolute Gasteiger partial charge is 0.494 e. The molecule has 1 aliphatic rings. The predicted molar refractivity (Wildman–Crippen MR) is 83.4 cm³/mol. The molecule has 0 aromatic heterocycles. The van der Waals surface area contributed by atoms with Crippen LogP contribution in [-0.4, -0.2) is 54.6 Å². The molecule has 3 N–H and O–H groups in total. The van der Waals surface area contributed by atoms with Crippen molar-refractivity contribution in [3.05, 3.63) is 24.3 Å². The van der Waals surface area contributed by atoms with Gasteiger partial charge in [-0.3, -0.25) is 4.90 Å². The summed E-state index contributed by atoms with van der Waals surface area (Å²) in [6, 6.07) is 7.45. The lowest BCUT2D eigenvalue weighted by atomic mass is 10.1. The van der Waals surface area contributed by atoms with E-state index in [2.05, 4.69) is 18.7 Å². The van der Waals surface area contributed by atoms with Crippen LogP contribution in [0.2, 0.25) is 0 Å². The molecular formula is C16H26N2O3. The highest BCUT2D eigenvalue weighted by Crippen LogP contribution is 2.21. The van der Waals surface area contributed by atoms with Crippen LogP contribution in [-0.2, 0) is 4.74 Å². The van der Waals surface area contributed by atoms with E-state index >= 15 is 0 Å². The molecule has 0 bridgehead atoms. The molecule has 5 nitrogen and oxygen atoms in total. The van der Waals surface area contributed by atoms with Crippen molar-refractivity contribution >= 4 is 5.69 Å². The van der Waals surface area contributed by atoms with Gasteiger partial charge < -0.3 is 20.3 Å². The summed E-state index contributed by atoms with van der Waals surface area (Å²) in [4.78, 5) is 2.33. The van der Waals surface area contributed by atoms with Crippen LogP contribution in [0, 0.1) is 0 Å². The highest BCUT2D eigenvalue weighted by molar-refractivity contribution is 5.41. The summed E-state index contributed by atoms with van der Waals surface area (Å²) < 4.78 is 11.5. The summed E-state index contributed by atoms with van der Waals surface area (Å²) in [6.07, 6.45) is 0.852. The van der Waals surface area contributed by atoms with Crippen molar-refractivity contribution in [2.45, 2.75) is 32.0 Å². The Labute approximate surface area is 126 Å². The minimum Gasteiger partial charge on any atom is -0.494 e. The first-order valence-electron chi connectivity index (χ1n) is 7.48. The van der Waals surface area contributed by atoms with Gasteiger partial charge in [-0.25, -0.2) is 0 Å². The van der Waals surface area contributed by atoms with Crippen molar-refractivity contribution in [3.63, 3.8) is 0 Å². The topological polar surface area (TPSA) is 68.0 Å². The highest BCUT2D eigenvalue weighted by atomic mass is 16.5. The number of hydrogen-bond acceptors (Lipinski definition) is 5. The van der Waals surface area contributed by atoms with Gasteiger partial charge in [-0.15, -0.1) is 0 Å². The molecule has 1 fully saturated rings. The van der Waals surface area contributed by atoms with Crippen molar-refractivity contribution in [1.29, 1.82) is 0 Å². The molecule has 1 aliphatic heterocycles. The molecule has 118 valence electrons. The Bertz CT molecular complexity index is 434. The van der Waals surface area contributed by atoms with Crippen molar-refractivity contribution in [2.75, 3.05) is 38.6 Å². The summed E-state index contributed by atoms with van der Waals surface area (Å²) in [7, 11) is 0. The molecule has 1 aromatic rings. The second kappa shape index (κ2) is 7.11. The molecule has 1 saturated heterocycles. The summed E-state index contributed by atoms with van der Waals surface area (Å²) in [5.41, 5.74) is 6.17. The second-order valence-corrected chi connectivity index (χ2v) is 6.19. The van der Waals surface area contributed by atoms with E-state index in [0.29, 0.717) is 6.61 Å². The van der Waals surface area contributed by atoms with Gasteiger partial charge in [0.15, 0.2) is 0 Å². The fraction of sp³-hybridized carbons (Fsp3) is 0.625. The molecule has 0 saturated carbocycles. The maximum Gasteiger partial charge on any atom is 0.119 e. The lowest BCUT2D eigenvalue weighted by Gasteiger charge is -2.42. The molecule has 21 heavy (non-hydrogen) atoms. The van der Waals surface area contributed by atoms with Crippen LogP contribution < -0.4 is 10.5 Å². The molecule has 1 heterocycles. The van der Waals surface area contributed by atoms with Crippen LogP contribution in [0.1, 0.15) is 20.3 Å². The standard InChI is InChI=1S/C16H26N2O3/c1-16(2)12-18(10-15(11-19)21-16)8-3-9-20-14-6-4-13(17)5-7-14/h4-7,15,19H,3,8-12,17H2,1-2H3. The Balaban J connectivity index is 1.71. The molecule has 2 rings (SSSR count). The molecule has 0 spiro atoms. The molecule has 0 amide bonds. The summed E-state index contributed by atoms with van der Waals surface area (Å²) in [6.45, 7) is 7.47. The third-order valence-corrected chi connectivity index (χ3v) is 3.52. The lowest BCUT2D eigenvalue weighted by molar-refractivity contribution is -0.149. The average Bonchev–Trinajstić information content (AvgIpc) is 2.44. The van der Waals surface area contributed by atoms with Crippen molar-refractivity contribution in [3.8, 4) is 5.75 Å². The van der Waals surface area contributed by atoms with E-state index in [0.717, 1.165) is 37.5 Å². The Morgan fingerprint density at radius 1 is 1.38 bits per heavy atom. The minimum atomic E-state index is -0.205. The number of rotatable bonds is 6. The smallest absolute Gasteiger partial charge is 0.119 e. The van der Waals surface area contributed by atoms with E-state index in [-0.39, 0.29) is 18.3 Å². The molecule has 1 aromatic carbocycles. The van der Waals surface area contributed by atoms with E-state index in [1.54, 1.807) is 0 Å². The zero-order valence-electron chi connectivity index (χ0n) is 12.9. The van der Waals surface area contributed by atoms with Crippen LogP contribution in [0.3, 0.4) is 0 Å². The molecule has 5 heteroatoms. The van der Waals surface area contributed by atoms with Crippen molar-refractivity contribution in [2.24, 2.45) is 0 Å². The van der Waals surface area contributed by atoms with Gasteiger partial charge in [0, 0.05) is 25.3 Å². The highest BCUT2D eigenvalue weighted by Gasteiger charge is 2.32. The van der Waals surface area contributed by atoms with Crippen LogP contribution >= 0.6 is 0 Å². The number of benzene rings is 1. The fourth-order valence-electron chi connectivity index (χ4n) is 2.72. The maximum absolute atomic E-state index is 9.30. The Hall–Kier alpha value is -1.30. The van der Waals surface area contributed by atoms with Crippen LogP contribution in [0.5, 0.6) is 5.75 Å². The number of nitrogen functional groups attached to an aromatic ring is 1. The van der Waals surface area contributed by atoms with Crippen molar-refractivity contribution < 1.29 is 14.6 Å². The first-order valence-corrected chi connectivity index (χ1v) is 7.48. The molecular weight excluding hydrogens is 268 g/mol. The normalized spacial score (nSPS) is 22.1. The summed E-state index contributed by atoms with van der Waals surface area (Å²) in [5, 5.41) is 9.30. The monoisotopic (exact) mass is 294 g/mol. The number of nitrogens with two attached hydrogens (primary N) is 1. The Morgan fingerprint density at radius 2 is 2.10 bits per heavy atom. The van der Waals surface area contributed by atoms with Gasteiger partial charge in [-0.05, 0) is 44.5 Å². The maximum atomic E-state index is 9.30. The first-order chi connectivity index (χ1) is 9.98. The third kappa shape index (κ3) is 5.19. The number of aliphatic hydroxyl groups is 1. The average molecular weight is 294 g/mol. The number of morpholine rings is 1. The quantitative estimate of drug-likeness (QED) is 0.615. The van der Waals surface area contributed by atoms with Crippen LogP contribution in [0.4, 0.5) is 5.69 Å². The van der Waals surface area contributed by atoms with Crippen LogP contribution in [0.25, 0.3) is 0 Å². The zero-order valence-corrected chi connectivity index (χ0v) is 12.9. The number of aliphatic hydroxyl groups excluding tert-OH is 1. The number of anilines is 1. The molecule has 0 aliphatic carbocycles. The fourth-order valence-corrected chi connectivity index (χ4v) is 2.72. The Kier molecular flexibility index (Phi) is 5.45. The number of nitrogens with zero attached hydrogens (tertiary/aromatic N) is 1. The lowest BCUT2D eigenvalue weighted by Crippen LogP contribution is -2.54. The first kappa shape index (κ1) is 16.1. The van der Waals surface area contributed by atoms with Gasteiger partial charge in [-0.2, -0.15) is 0 Å². The number of ether oxygens (including phenoxy) is 2. The Morgan fingerprint density at radius 3 is 2.76 bits per heavy atom. The van der Waals surface area contributed by atoms with Gasteiger partial charge in [0.1, 0.15) is 5.75 Å². The molecule has 1 unspecified atom stereocenters. The van der Waals surface area contributed by atoms with Gasteiger partial charge >= 0.3 is 0 Å². The van der Waals surface area contributed by atoms with E-state index in [1.807, 2.05) is 24.3 Å². The minimum absolute atomic E-state index is 0.0713. The van der Waals surface area contributed by atoms with Gasteiger partial charge in [0.25, 0.3) is 0 Å². The van der Waals surface area contributed by atoms with Gasteiger partial charge in [0.05, 0.1) is 24.9 Å². The van der Waals surface area contributed by atoms with E-state index in [9.17, 15) is 5.11 Å². The number of hydrogen-bond donors (Lipinski definition) is 2. The van der Waals surface area contributed by atoms with E-state index in [1.165, 1.54) is 0 Å². The molecule has 1 atom stereocenters. The predicted octanol–water partition coefficient (Wildman–Crippen LogP) is 1.51. The van der Waals surface area contributed by atoms with E-state index < -0.39 is 0 Å². The van der Waals surface area contributed by atoms with Crippen molar-refractivity contribution in [1.82, 2.24) is 4.90 Å². The SMILES string of the molecule is CC1(C)CN(CCCOc2ccc(N)cc2)CC(CO)O1. The van der Waals surface area contributed by atoms with Gasteiger partial charge in [-0.1, -0.05) is 0 Å². The third-order valence-electron chi connectivity index (χ3n) is 3.52.